The van der Waals surface area contributed by atoms with E-state index in [-0.39, 0.29) is 0 Å². The van der Waals surface area contributed by atoms with Crippen LogP contribution in [0.2, 0.25) is 0 Å². The number of hydrogen-bond donors (Lipinski definition) is 2. The average Bonchev–Trinajstić information content (AvgIpc) is 2.38. The minimum Gasteiger partial charge on any atom is -0.388 e. The molecule has 2 fully saturated rings. The summed E-state index contributed by atoms with van der Waals surface area (Å²) in [4.78, 5) is 0. The van der Waals surface area contributed by atoms with Crippen molar-refractivity contribution in [1.29, 1.82) is 0 Å². The molecule has 1 heterocycles. The molecule has 0 aromatic carbocycles. The molecule has 2 atom stereocenters. The third kappa shape index (κ3) is 3.94. The monoisotopic (exact) mass is 241 g/mol. The lowest BCUT2D eigenvalue weighted by atomic mass is 9.83. The maximum Gasteiger partial charge on any atom is 0.0815 e. The van der Waals surface area contributed by atoms with Crippen molar-refractivity contribution >= 4 is 0 Å². The van der Waals surface area contributed by atoms with Gasteiger partial charge in [-0.25, -0.2) is 0 Å². The lowest BCUT2D eigenvalue weighted by Gasteiger charge is -2.36. The van der Waals surface area contributed by atoms with Crippen molar-refractivity contribution in [1.82, 2.24) is 5.32 Å². The van der Waals surface area contributed by atoms with Crippen molar-refractivity contribution in [2.75, 3.05) is 19.8 Å². The highest BCUT2D eigenvalue weighted by Crippen LogP contribution is 2.27. The number of rotatable bonds is 4. The Morgan fingerprint density at radius 2 is 2.06 bits per heavy atom. The SMILES string of the molecule is CCC1CCCC(NCC2(O)CCOCC2)C1. The van der Waals surface area contributed by atoms with Crippen molar-refractivity contribution < 1.29 is 9.84 Å². The summed E-state index contributed by atoms with van der Waals surface area (Å²) in [6, 6.07) is 0.626. The lowest BCUT2D eigenvalue weighted by Crippen LogP contribution is -2.48. The molecule has 1 aliphatic carbocycles. The Balaban J connectivity index is 1.73. The Morgan fingerprint density at radius 3 is 2.76 bits per heavy atom. The first-order valence-electron chi connectivity index (χ1n) is 7.25. The maximum absolute atomic E-state index is 10.4. The molecule has 0 bridgehead atoms. The van der Waals surface area contributed by atoms with E-state index < -0.39 is 5.60 Å². The van der Waals surface area contributed by atoms with Crippen LogP contribution in [0, 0.1) is 5.92 Å². The molecule has 0 amide bonds. The zero-order chi connectivity index (χ0) is 12.1. The van der Waals surface area contributed by atoms with Crippen LogP contribution >= 0.6 is 0 Å². The van der Waals surface area contributed by atoms with Gasteiger partial charge in [-0.2, -0.15) is 0 Å². The van der Waals surface area contributed by atoms with E-state index >= 15 is 0 Å². The third-order valence-electron chi connectivity index (χ3n) is 4.50. The fourth-order valence-electron chi connectivity index (χ4n) is 3.11. The van der Waals surface area contributed by atoms with Crippen LogP contribution in [0.1, 0.15) is 51.9 Å². The maximum atomic E-state index is 10.4. The smallest absolute Gasteiger partial charge is 0.0815 e. The minimum absolute atomic E-state index is 0.516. The normalized spacial score (nSPS) is 33.5. The molecule has 1 saturated carbocycles. The second-order valence-corrected chi connectivity index (χ2v) is 5.86. The largest absolute Gasteiger partial charge is 0.388 e. The van der Waals surface area contributed by atoms with E-state index in [0.717, 1.165) is 25.3 Å². The van der Waals surface area contributed by atoms with Gasteiger partial charge in [-0.1, -0.05) is 26.2 Å². The molecular weight excluding hydrogens is 214 g/mol. The van der Waals surface area contributed by atoms with Crippen LogP contribution in [-0.4, -0.2) is 36.5 Å². The second-order valence-electron chi connectivity index (χ2n) is 5.86. The summed E-state index contributed by atoms with van der Waals surface area (Å²) in [6.07, 6.45) is 8.18. The Kier molecular flexibility index (Phi) is 4.83. The number of ether oxygens (including phenoxy) is 1. The van der Waals surface area contributed by atoms with Gasteiger partial charge in [0.15, 0.2) is 0 Å². The molecule has 1 aliphatic heterocycles. The molecule has 1 saturated heterocycles. The minimum atomic E-state index is -0.516. The number of hydrogen-bond acceptors (Lipinski definition) is 3. The van der Waals surface area contributed by atoms with Gasteiger partial charge in [-0.15, -0.1) is 0 Å². The van der Waals surface area contributed by atoms with E-state index in [1.807, 2.05) is 0 Å². The molecule has 17 heavy (non-hydrogen) atoms. The van der Waals surface area contributed by atoms with Gasteiger partial charge in [0.2, 0.25) is 0 Å². The number of nitrogens with one attached hydrogen (secondary N) is 1. The summed E-state index contributed by atoms with van der Waals surface area (Å²) in [5.41, 5.74) is -0.516. The summed E-state index contributed by atoms with van der Waals surface area (Å²) >= 11 is 0. The molecule has 2 N–H and O–H groups in total. The first-order chi connectivity index (χ1) is 8.22. The van der Waals surface area contributed by atoms with E-state index in [9.17, 15) is 5.11 Å². The van der Waals surface area contributed by atoms with Crippen LogP contribution in [0.25, 0.3) is 0 Å². The lowest BCUT2D eigenvalue weighted by molar-refractivity contribution is -0.0634. The van der Waals surface area contributed by atoms with Gasteiger partial charge in [0, 0.05) is 38.6 Å². The summed E-state index contributed by atoms with van der Waals surface area (Å²) in [5.74, 6) is 0.894. The molecular formula is C14H27NO2. The highest BCUT2D eigenvalue weighted by molar-refractivity contribution is 4.86. The van der Waals surface area contributed by atoms with Gasteiger partial charge in [-0.3, -0.25) is 0 Å². The Labute approximate surface area is 105 Å². The second kappa shape index (κ2) is 6.17. The fraction of sp³-hybridized carbons (Fsp3) is 1.00. The quantitative estimate of drug-likeness (QED) is 0.792. The van der Waals surface area contributed by atoms with Crippen LogP contribution in [0.4, 0.5) is 0 Å². The summed E-state index contributed by atoms with van der Waals surface area (Å²) in [5, 5.41) is 14.0. The Bertz CT molecular complexity index is 226. The van der Waals surface area contributed by atoms with Crippen LogP contribution in [0.15, 0.2) is 0 Å². The molecule has 0 radical (unpaired) electrons. The Hall–Kier alpha value is -0.120. The van der Waals surface area contributed by atoms with Crippen molar-refractivity contribution in [2.24, 2.45) is 5.92 Å². The zero-order valence-corrected chi connectivity index (χ0v) is 11.1. The first-order valence-corrected chi connectivity index (χ1v) is 7.25. The topological polar surface area (TPSA) is 41.5 Å². The zero-order valence-electron chi connectivity index (χ0n) is 11.1. The van der Waals surface area contributed by atoms with E-state index in [1.54, 1.807) is 0 Å². The molecule has 3 heteroatoms. The Morgan fingerprint density at radius 1 is 1.29 bits per heavy atom. The predicted molar refractivity (Wildman–Crippen MR) is 69.0 cm³/mol. The van der Waals surface area contributed by atoms with Crippen LogP contribution in [0.5, 0.6) is 0 Å². The fourth-order valence-corrected chi connectivity index (χ4v) is 3.11. The molecule has 2 rings (SSSR count). The van der Waals surface area contributed by atoms with Crippen molar-refractivity contribution in [3.63, 3.8) is 0 Å². The summed E-state index contributed by atoms with van der Waals surface area (Å²) in [6.45, 7) is 4.46. The van der Waals surface area contributed by atoms with E-state index in [2.05, 4.69) is 12.2 Å². The third-order valence-corrected chi connectivity index (χ3v) is 4.50. The van der Waals surface area contributed by atoms with E-state index in [0.29, 0.717) is 19.3 Å². The van der Waals surface area contributed by atoms with Gasteiger partial charge < -0.3 is 15.2 Å². The van der Waals surface area contributed by atoms with Crippen molar-refractivity contribution in [3.8, 4) is 0 Å². The van der Waals surface area contributed by atoms with Gasteiger partial charge in [-0.05, 0) is 18.8 Å². The molecule has 0 aromatic heterocycles. The molecule has 3 nitrogen and oxygen atoms in total. The van der Waals surface area contributed by atoms with Crippen LogP contribution < -0.4 is 5.32 Å². The van der Waals surface area contributed by atoms with Gasteiger partial charge in [0.25, 0.3) is 0 Å². The van der Waals surface area contributed by atoms with Gasteiger partial charge in [0.05, 0.1) is 5.60 Å². The van der Waals surface area contributed by atoms with Crippen molar-refractivity contribution in [3.05, 3.63) is 0 Å². The standard InChI is InChI=1S/C14H27NO2/c1-2-12-4-3-5-13(10-12)15-11-14(16)6-8-17-9-7-14/h12-13,15-16H,2-11H2,1H3. The van der Waals surface area contributed by atoms with Crippen molar-refractivity contribution in [2.45, 2.75) is 63.5 Å². The van der Waals surface area contributed by atoms with Crippen LogP contribution in [-0.2, 0) is 4.74 Å². The first kappa shape index (κ1) is 13.3. The summed E-state index contributed by atoms with van der Waals surface area (Å²) < 4.78 is 5.30. The van der Waals surface area contributed by atoms with Gasteiger partial charge >= 0.3 is 0 Å². The molecule has 0 aromatic rings. The molecule has 2 unspecified atom stereocenters. The highest BCUT2D eigenvalue weighted by Gasteiger charge is 2.31. The van der Waals surface area contributed by atoms with E-state index in [4.69, 9.17) is 4.74 Å². The van der Waals surface area contributed by atoms with Crippen LogP contribution in [0.3, 0.4) is 0 Å². The van der Waals surface area contributed by atoms with Gasteiger partial charge in [0.1, 0.15) is 0 Å². The molecule has 2 aliphatic rings. The summed E-state index contributed by atoms with van der Waals surface area (Å²) in [7, 11) is 0. The van der Waals surface area contributed by atoms with E-state index in [1.165, 1.54) is 32.1 Å². The molecule has 0 spiro atoms. The number of aliphatic hydroxyl groups is 1. The predicted octanol–water partition coefficient (Wildman–Crippen LogP) is 2.09. The molecule has 100 valence electrons. The highest BCUT2D eigenvalue weighted by atomic mass is 16.5. The average molecular weight is 241 g/mol.